The molecule has 2 aromatic rings. The summed E-state index contributed by atoms with van der Waals surface area (Å²) in [6.45, 7) is 2.62. The van der Waals surface area contributed by atoms with Crippen LogP contribution in [-0.2, 0) is 21.5 Å². The molecule has 0 spiro atoms. The highest BCUT2D eigenvalue weighted by Crippen LogP contribution is 2.34. The Balaban J connectivity index is 1.45. The summed E-state index contributed by atoms with van der Waals surface area (Å²) in [7, 11) is 1.78. The highest BCUT2D eigenvalue weighted by molar-refractivity contribution is 6.30. The monoisotopic (exact) mass is 476 g/mol. The maximum atomic E-state index is 12.5. The molecular formula is C24H33ClN4O4. The van der Waals surface area contributed by atoms with Gasteiger partial charge >= 0.3 is 0 Å². The van der Waals surface area contributed by atoms with E-state index in [1.165, 1.54) is 6.92 Å². The first-order valence-corrected chi connectivity index (χ1v) is 12.0. The van der Waals surface area contributed by atoms with Crippen LogP contribution < -0.4 is 10.1 Å². The molecule has 3 rings (SSSR count). The van der Waals surface area contributed by atoms with E-state index >= 15 is 0 Å². The fraction of sp³-hybridized carbons (Fsp3) is 0.583. The average molecular weight is 477 g/mol. The zero-order valence-corrected chi connectivity index (χ0v) is 20.2. The summed E-state index contributed by atoms with van der Waals surface area (Å²) in [5.41, 5.74) is -0.574. The lowest BCUT2D eigenvalue weighted by atomic mass is 9.89. The van der Waals surface area contributed by atoms with Gasteiger partial charge in [-0.3, -0.25) is 9.59 Å². The van der Waals surface area contributed by atoms with Crippen LogP contribution in [0.4, 0.5) is 0 Å². The van der Waals surface area contributed by atoms with Crippen LogP contribution in [-0.4, -0.2) is 47.1 Å². The minimum absolute atomic E-state index is 0.00674. The van der Waals surface area contributed by atoms with Crippen molar-refractivity contribution >= 4 is 23.4 Å². The quantitative estimate of drug-likeness (QED) is 0.406. The van der Waals surface area contributed by atoms with E-state index in [1.54, 1.807) is 24.1 Å². The number of ether oxygens (including phenoxy) is 1. The van der Waals surface area contributed by atoms with E-state index in [9.17, 15) is 9.59 Å². The van der Waals surface area contributed by atoms with Crippen LogP contribution in [0.1, 0.15) is 70.0 Å². The first-order chi connectivity index (χ1) is 15.9. The van der Waals surface area contributed by atoms with Crippen molar-refractivity contribution in [3.63, 3.8) is 0 Å². The maximum absolute atomic E-state index is 12.5. The summed E-state index contributed by atoms with van der Waals surface area (Å²) < 4.78 is 11.1. The molecule has 1 aliphatic carbocycles. The zero-order valence-electron chi connectivity index (χ0n) is 19.4. The summed E-state index contributed by atoms with van der Waals surface area (Å²) in [6.07, 6.45) is 7.25. The van der Waals surface area contributed by atoms with Crippen LogP contribution in [0.5, 0.6) is 5.75 Å². The number of aromatic nitrogens is 2. The van der Waals surface area contributed by atoms with E-state index in [4.69, 9.17) is 20.9 Å². The molecule has 2 amide bonds. The summed E-state index contributed by atoms with van der Waals surface area (Å²) in [4.78, 5) is 30.6. The molecule has 8 nitrogen and oxygen atoms in total. The minimum Gasteiger partial charge on any atom is -0.494 e. The predicted molar refractivity (Wildman–Crippen MR) is 125 cm³/mol. The third-order valence-electron chi connectivity index (χ3n) is 5.97. The second kappa shape index (κ2) is 12.0. The third kappa shape index (κ3) is 7.45. The van der Waals surface area contributed by atoms with Gasteiger partial charge < -0.3 is 19.5 Å². The summed E-state index contributed by atoms with van der Waals surface area (Å²) >= 11 is 5.87. The molecule has 1 N–H and O–H groups in total. The summed E-state index contributed by atoms with van der Waals surface area (Å²) in [5.74, 6) is 1.61. The molecule has 1 saturated carbocycles. The van der Waals surface area contributed by atoms with Crippen molar-refractivity contribution < 1.29 is 18.8 Å². The minimum atomic E-state index is -0.574. The zero-order chi connectivity index (χ0) is 23.7. The van der Waals surface area contributed by atoms with Crippen LogP contribution in [0.2, 0.25) is 5.02 Å². The number of rotatable bonds is 10. The number of hydrogen-bond acceptors (Lipinski definition) is 6. The molecule has 1 aromatic heterocycles. The van der Waals surface area contributed by atoms with Gasteiger partial charge in [-0.1, -0.05) is 42.4 Å². The second-order valence-electron chi connectivity index (χ2n) is 8.66. The molecular weight excluding hydrogens is 444 g/mol. The Labute approximate surface area is 200 Å². The van der Waals surface area contributed by atoms with E-state index in [2.05, 4.69) is 15.5 Å². The van der Waals surface area contributed by atoms with E-state index in [1.807, 2.05) is 12.1 Å². The lowest BCUT2D eigenvalue weighted by molar-refractivity contribution is -0.130. The summed E-state index contributed by atoms with van der Waals surface area (Å²) in [6, 6.07) is 7.20. The van der Waals surface area contributed by atoms with Gasteiger partial charge in [-0.15, -0.1) is 0 Å². The summed E-state index contributed by atoms with van der Waals surface area (Å²) in [5, 5.41) is 7.91. The van der Waals surface area contributed by atoms with Gasteiger partial charge in [0.15, 0.2) is 5.82 Å². The van der Waals surface area contributed by atoms with Crippen LogP contribution in [0, 0.1) is 0 Å². The number of hydrogen-bond donors (Lipinski definition) is 1. The van der Waals surface area contributed by atoms with E-state index in [-0.39, 0.29) is 18.2 Å². The van der Waals surface area contributed by atoms with Gasteiger partial charge in [0.25, 0.3) is 0 Å². The Hall–Kier alpha value is -2.61. The molecule has 0 radical (unpaired) electrons. The molecule has 33 heavy (non-hydrogen) atoms. The lowest BCUT2D eigenvalue weighted by Crippen LogP contribution is -2.45. The van der Waals surface area contributed by atoms with Crippen molar-refractivity contribution in [2.75, 3.05) is 20.2 Å². The fourth-order valence-corrected chi connectivity index (χ4v) is 4.30. The van der Waals surface area contributed by atoms with Gasteiger partial charge in [-0.2, -0.15) is 4.98 Å². The largest absolute Gasteiger partial charge is 0.494 e. The first kappa shape index (κ1) is 25.0. The fourth-order valence-electron chi connectivity index (χ4n) is 4.18. The average Bonchev–Trinajstić information content (AvgIpc) is 3.15. The maximum Gasteiger partial charge on any atom is 0.227 e. The van der Waals surface area contributed by atoms with Gasteiger partial charge in [-0.05, 0) is 43.5 Å². The topological polar surface area (TPSA) is 97.6 Å². The molecule has 0 saturated heterocycles. The van der Waals surface area contributed by atoms with E-state index in [0.29, 0.717) is 36.3 Å². The van der Waals surface area contributed by atoms with Crippen LogP contribution in [0.3, 0.4) is 0 Å². The Morgan fingerprint density at radius 1 is 1.18 bits per heavy atom. The smallest absolute Gasteiger partial charge is 0.227 e. The number of benzene rings is 1. The normalized spacial score (nSPS) is 15.5. The molecule has 180 valence electrons. The standard InChI is InChI=1S/C24H33ClN4O4/c1-18(30)27-24(14-5-3-4-6-15-24)23-26-21(33-28-23)12-13-22(31)29(2)16-7-17-32-20-10-8-19(25)9-11-20/h8-11H,3-7,12-17H2,1-2H3,(H,27,30). The molecule has 1 fully saturated rings. The van der Waals surface area contributed by atoms with Crippen molar-refractivity contribution in [1.29, 1.82) is 0 Å². The number of aryl methyl sites for hydroxylation is 1. The molecule has 1 aliphatic rings. The molecule has 0 bridgehead atoms. The second-order valence-corrected chi connectivity index (χ2v) is 9.10. The molecule has 0 atom stereocenters. The Morgan fingerprint density at radius 3 is 2.55 bits per heavy atom. The number of halogens is 1. The highest BCUT2D eigenvalue weighted by atomic mass is 35.5. The van der Waals surface area contributed by atoms with Gasteiger partial charge in [0, 0.05) is 38.4 Å². The Kier molecular flexibility index (Phi) is 9.11. The Bertz CT molecular complexity index is 907. The molecule has 9 heteroatoms. The van der Waals surface area contributed by atoms with E-state index < -0.39 is 5.54 Å². The van der Waals surface area contributed by atoms with Crippen molar-refractivity contribution in [3.8, 4) is 5.75 Å². The van der Waals surface area contributed by atoms with Crippen molar-refractivity contribution in [3.05, 3.63) is 41.0 Å². The highest BCUT2D eigenvalue weighted by Gasteiger charge is 2.38. The molecule has 1 heterocycles. The Morgan fingerprint density at radius 2 is 1.88 bits per heavy atom. The van der Waals surface area contributed by atoms with Crippen molar-refractivity contribution in [2.45, 2.75) is 70.3 Å². The van der Waals surface area contributed by atoms with Crippen LogP contribution in [0.15, 0.2) is 28.8 Å². The molecule has 0 aliphatic heterocycles. The third-order valence-corrected chi connectivity index (χ3v) is 6.22. The number of nitrogens with one attached hydrogen (secondary N) is 1. The van der Waals surface area contributed by atoms with Crippen LogP contribution in [0.25, 0.3) is 0 Å². The first-order valence-electron chi connectivity index (χ1n) is 11.6. The van der Waals surface area contributed by atoms with Gasteiger partial charge in [0.1, 0.15) is 11.3 Å². The van der Waals surface area contributed by atoms with E-state index in [0.717, 1.165) is 50.7 Å². The number of nitrogens with zero attached hydrogens (tertiary/aromatic N) is 3. The van der Waals surface area contributed by atoms with Crippen LogP contribution >= 0.6 is 11.6 Å². The number of carbonyl (C=O) groups excluding carboxylic acids is 2. The molecule has 0 unspecified atom stereocenters. The van der Waals surface area contributed by atoms with Gasteiger partial charge in [0.2, 0.25) is 17.7 Å². The van der Waals surface area contributed by atoms with Gasteiger partial charge in [-0.25, -0.2) is 0 Å². The predicted octanol–water partition coefficient (Wildman–Crippen LogP) is 4.27. The number of carbonyl (C=O) groups is 2. The lowest BCUT2D eigenvalue weighted by Gasteiger charge is -2.30. The van der Waals surface area contributed by atoms with Crippen molar-refractivity contribution in [1.82, 2.24) is 20.4 Å². The van der Waals surface area contributed by atoms with Gasteiger partial charge in [0.05, 0.1) is 6.61 Å². The number of amides is 2. The SMILES string of the molecule is CC(=O)NC1(c2noc(CCC(=O)N(C)CCCOc3ccc(Cl)cc3)n2)CCCCCC1. The molecule has 1 aromatic carbocycles. The van der Waals surface area contributed by atoms with Crippen molar-refractivity contribution in [2.24, 2.45) is 0 Å².